The Morgan fingerprint density at radius 1 is 1.22 bits per heavy atom. The molecule has 0 aliphatic carbocycles. The lowest BCUT2D eigenvalue weighted by Gasteiger charge is -2.33. The average Bonchev–Trinajstić information content (AvgIpc) is 3.33. The maximum Gasteiger partial charge on any atom is 0.252 e. The quantitative estimate of drug-likeness (QED) is 0.854. The highest BCUT2D eigenvalue weighted by Gasteiger charge is 2.28. The summed E-state index contributed by atoms with van der Waals surface area (Å²) < 4.78 is 2.15. The molecule has 144 valence electrons. The molecule has 2 fully saturated rings. The number of rotatable bonds is 5. The molecule has 27 heavy (non-hydrogen) atoms. The second-order valence-electron chi connectivity index (χ2n) is 7.54. The zero-order valence-electron chi connectivity index (χ0n) is 15.8. The van der Waals surface area contributed by atoms with Crippen LogP contribution in [0.15, 0.2) is 18.3 Å². The third kappa shape index (κ3) is 3.66. The van der Waals surface area contributed by atoms with Gasteiger partial charge in [-0.25, -0.2) is 4.98 Å². The Morgan fingerprint density at radius 2 is 2.04 bits per heavy atom. The van der Waals surface area contributed by atoms with Gasteiger partial charge in [0.05, 0.1) is 12.1 Å². The van der Waals surface area contributed by atoms with E-state index in [2.05, 4.69) is 36.6 Å². The molecular formula is C19H27N7O. The molecule has 8 heteroatoms. The van der Waals surface area contributed by atoms with Crippen LogP contribution in [-0.4, -0.2) is 56.7 Å². The Bertz CT molecular complexity index is 812. The van der Waals surface area contributed by atoms with Gasteiger partial charge in [0.25, 0.3) is 5.91 Å². The Labute approximate surface area is 159 Å². The summed E-state index contributed by atoms with van der Waals surface area (Å²) >= 11 is 0. The van der Waals surface area contributed by atoms with Crippen molar-refractivity contribution >= 4 is 11.7 Å². The third-order valence-corrected chi connectivity index (χ3v) is 5.70. The maximum atomic E-state index is 11.8. The number of nitrogens with zero attached hydrogens (tertiary/aromatic N) is 6. The Balaban J connectivity index is 1.52. The first-order valence-corrected chi connectivity index (χ1v) is 9.74. The van der Waals surface area contributed by atoms with Gasteiger partial charge in [-0.3, -0.25) is 9.69 Å². The van der Waals surface area contributed by atoms with Crippen LogP contribution in [0.4, 0.5) is 5.82 Å². The monoisotopic (exact) mass is 369 g/mol. The van der Waals surface area contributed by atoms with Gasteiger partial charge in [0.2, 0.25) is 0 Å². The van der Waals surface area contributed by atoms with E-state index in [0.29, 0.717) is 11.4 Å². The predicted octanol–water partition coefficient (Wildman–Crippen LogP) is 1.29. The molecule has 0 radical (unpaired) electrons. The number of likely N-dealkylation sites (tertiary alicyclic amines) is 1. The molecule has 0 spiro atoms. The Hall–Kier alpha value is -2.48. The van der Waals surface area contributed by atoms with Crippen molar-refractivity contribution in [3.63, 3.8) is 0 Å². The molecule has 2 aliphatic heterocycles. The average molecular weight is 369 g/mol. The minimum atomic E-state index is -0.438. The number of aromatic nitrogens is 4. The van der Waals surface area contributed by atoms with Crippen LogP contribution < -0.4 is 10.6 Å². The summed E-state index contributed by atoms with van der Waals surface area (Å²) in [6.45, 7) is 4.80. The van der Waals surface area contributed by atoms with Gasteiger partial charge in [-0.2, -0.15) is 0 Å². The molecule has 2 aromatic heterocycles. The van der Waals surface area contributed by atoms with Crippen molar-refractivity contribution in [2.24, 2.45) is 12.8 Å². The highest BCUT2D eigenvalue weighted by atomic mass is 16.1. The van der Waals surface area contributed by atoms with Crippen LogP contribution in [0, 0.1) is 0 Å². The molecule has 8 nitrogen and oxygen atoms in total. The van der Waals surface area contributed by atoms with Crippen LogP contribution in [0.5, 0.6) is 0 Å². The lowest BCUT2D eigenvalue weighted by Crippen LogP contribution is -2.37. The standard InChI is InChI=1S/C19H27N7O/c1-24-16(13-25-9-2-3-10-25)22-23-18(24)14-6-5-11-26(12-14)19-15(17(20)27)7-4-8-21-19/h4,7-8,14H,2-3,5-6,9-13H2,1H3,(H2,20,27). The fourth-order valence-corrected chi connectivity index (χ4v) is 4.23. The van der Waals surface area contributed by atoms with Crippen LogP contribution in [0.2, 0.25) is 0 Å². The highest BCUT2D eigenvalue weighted by molar-refractivity contribution is 5.97. The van der Waals surface area contributed by atoms with E-state index in [4.69, 9.17) is 5.73 Å². The van der Waals surface area contributed by atoms with Crippen molar-refractivity contribution in [1.29, 1.82) is 0 Å². The summed E-state index contributed by atoms with van der Waals surface area (Å²) in [7, 11) is 2.06. The molecule has 2 N–H and O–H groups in total. The number of piperidine rings is 1. The highest BCUT2D eigenvalue weighted by Crippen LogP contribution is 2.30. The van der Waals surface area contributed by atoms with Crippen molar-refractivity contribution < 1.29 is 4.79 Å². The molecule has 2 aliphatic rings. The summed E-state index contributed by atoms with van der Waals surface area (Å²) in [6, 6.07) is 3.49. The lowest BCUT2D eigenvalue weighted by atomic mass is 9.96. The molecule has 0 saturated carbocycles. The summed E-state index contributed by atoms with van der Waals surface area (Å²) in [5, 5.41) is 8.98. The molecule has 0 bridgehead atoms. The van der Waals surface area contributed by atoms with Gasteiger partial charge in [-0.05, 0) is 50.9 Å². The van der Waals surface area contributed by atoms with E-state index >= 15 is 0 Å². The van der Waals surface area contributed by atoms with Crippen molar-refractivity contribution in [2.75, 3.05) is 31.1 Å². The molecule has 1 atom stereocenters. The van der Waals surface area contributed by atoms with E-state index in [1.807, 2.05) is 0 Å². The molecule has 1 unspecified atom stereocenters. The van der Waals surface area contributed by atoms with Gasteiger partial charge in [0.1, 0.15) is 17.5 Å². The van der Waals surface area contributed by atoms with Crippen LogP contribution in [-0.2, 0) is 13.6 Å². The summed E-state index contributed by atoms with van der Waals surface area (Å²) in [4.78, 5) is 20.8. The number of amides is 1. The maximum absolute atomic E-state index is 11.8. The molecule has 2 aromatic rings. The van der Waals surface area contributed by atoms with Crippen LogP contribution in [0.25, 0.3) is 0 Å². The van der Waals surface area contributed by atoms with Gasteiger partial charge < -0.3 is 15.2 Å². The van der Waals surface area contributed by atoms with Gasteiger partial charge in [-0.15, -0.1) is 10.2 Å². The topological polar surface area (TPSA) is 93.2 Å². The van der Waals surface area contributed by atoms with Crippen molar-refractivity contribution in [1.82, 2.24) is 24.6 Å². The Kier molecular flexibility index (Phi) is 5.07. The first-order valence-electron chi connectivity index (χ1n) is 9.74. The number of carbonyl (C=O) groups excluding carboxylic acids is 1. The fourth-order valence-electron chi connectivity index (χ4n) is 4.23. The minimum absolute atomic E-state index is 0.270. The van der Waals surface area contributed by atoms with E-state index in [1.165, 1.54) is 12.8 Å². The Morgan fingerprint density at radius 3 is 2.81 bits per heavy atom. The van der Waals surface area contributed by atoms with Crippen LogP contribution in [0.3, 0.4) is 0 Å². The first-order chi connectivity index (χ1) is 13.1. The normalized spacial score (nSPS) is 20.9. The van der Waals surface area contributed by atoms with Crippen LogP contribution in [0.1, 0.15) is 53.6 Å². The SMILES string of the molecule is Cn1c(CN2CCCC2)nnc1C1CCCN(c2ncccc2C(N)=O)C1. The number of hydrogen-bond acceptors (Lipinski definition) is 6. The first kappa shape index (κ1) is 17.9. The van der Waals surface area contributed by atoms with E-state index in [-0.39, 0.29) is 5.92 Å². The van der Waals surface area contributed by atoms with Crippen molar-refractivity contribution in [3.05, 3.63) is 35.5 Å². The summed E-state index contributed by atoms with van der Waals surface area (Å²) in [6.07, 6.45) is 6.34. The minimum Gasteiger partial charge on any atom is -0.365 e. The van der Waals surface area contributed by atoms with Crippen molar-refractivity contribution in [2.45, 2.75) is 38.1 Å². The summed E-state index contributed by atoms with van der Waals surface area (Å²) in [5.41, 5.74) is 6.01. The van der Waals surface area contributed by atoms with E-state index in [0.717, 1.165) is 57.2 Å². The number of carbonyl (C=O) groups is 1. The molecule has 4 heterocycles. The zero-order chi connectivity index (χ0) is 18.8. The lowest BCUT2D eigenvalue weighted by molar-refractivity contribution is 0.100. The number of hydrogen-bond donors (Lipinski definition) is 1. The number of nitrogens with two attached hydrogens (primary N) is 1. The fraction of sp³-hybridized carbons (Fsp3) is 0.579. The second kappa shape index (κ2) is 7.64. The van der Waals surface area contributed by atoms with Crippen molar-refractivity contribution in [3.8, 4) is 0 Å². The number of pyridine rings is 1. The summed E-state index contributed by atoms with van der Waals surface area (Å²) in [5.74, 6) is 2.55. The molecular weight excluding hydrogens is 342 g/mol. The predicted molar refractivity (Wildman–Crippen MR) is 102 cm³/mol. The van der Waals surface area contributed by atoms with Gasteiger partial charge >= 0.3 is 0 Å². The molecule has 0 aromatic carbocycles. The van der Waals surface area contributed by atoms with Gasteiger partial charge in [0.15, 0.2) is 0 Å². The van der Waals surface area contributed by atoms with E-state index in [1.54, 1.807) is 18.3 Å². The molecule has 2 saturated heterocycles. The third-order valence-electron chi connectivity index (χ3n) is 5.70. The smallest absolute Gasteiger partial charge is 0.252 e. The number of anilines is 1. The van der Waals surface area contributed by atoms with Gasteiger partial charge in [-0.1, -0.05) is 0 Å². The van der Waals surface area contributed by atoms with E-state index < -0.39 is 5.91 Å². The number of primary amides is 1. The zero-order valence-corrected chi connectivity index (χ0v) is 15.8. The van der Waals surface area contributed by atoms with Crippen LogP contribution >= 0.6 is 0 Å². The second-order valence-corrected chi connectivity index (χ2v) is 7.54. The van der Waals surface area contributed by atoms with E-state index in [9.17, 15) is 4.79 Å². The largest absolute Gasteiger partial charge is 0.365 e. The van der Waals surface area contributed by atoms with Gasteiger partial charge in [0, 0.05) is 32.3 Å². The molecule has 4 rings (SSSR count). The molecule has 1 amide bonds.